The second kappa shape index (κ2) is 4.35. The Morgan fingerprint density at radius 2 is 2.23 bits per heavy atom. The molecule has 0 aromatic carbocycles. The summed E-state index contributed by atoms with van der Waals surface area (Å²) in [6.07, 6.45) is 0. The largest absolute Gasteiger partial charge is 0.360 e. The van der Waals surface area contributed by atoms with Gasteiger partial charge in [0.1, 0.15) is 0 Å². The van der Waals surface area contributed by atoms with Crippen molar-refractivity contribution in [2.24, 2.45) is 4.36 Å². The van der Waals surface area contributed by atoms with Gasteiger partial charge in [0.05, 0.1) is 9.34 Å². The van der Waals surface area contributed by atoms with Gasteiger partial charge in [0, 0.05) is 0 Å². The summed E-state index contributed by atoms with van der Waals surface area (Å²) in [6, 6.07) is 2.19. The Labute approximate surface area is 84.0 Å². The maximum atomic E-state index is 10.7. The SMILES string of the molecule is O=C(N=S(=O)=O)Nc1ccc(Cl)s1. The third-order valence-electron chi connectivity index (χ3n) is 0.961. The molecule has 5 nitrogen and oxygen atoms in total. The van der Waals surface area contributed by atoms with E-state index in [0.717, 1.165) is 11.3 Å². The number of rotatable bonds is 1. The van der Waals surface area contributed by atoms with Crippen LogP contribution in [-0.4, -0.2) is 14.4 Å². The van der Waals surface area contributed by atoms with Crippen LogP contribution in [0.3, 0.4) is 0 Å². The Kier molecular flexibility index (Phi) is 3.40. The maximum absolute atomic E-state index is 10.7. The molecule has 1 rings (SSSR count). The molecule has 0 saturated carbocycles. The highest BCUT2D eigenvalue weighted by Gasteiger charge is 2.02. The van der Waals surface area contributed by atoms with Crippen molar-refractivity contribution in [1.82, 2.24) is 0 Å². The molecule has 13 heavy (non-hydrogen) atoms. The molecule has 1 aromatic rings. The van der Waals surface area contributed by atoms with Crippen LogP contribution in [0.15, 0.2) is 16.5 Å². The van der Waals surface area contributed by atoms with Crippen LogP contribution in [0.4, 0.5) is 9.80 Å². The Hall–Kier alpha value is -0.920. The van der Waals surface area contributed by atoms with Gasteiger partial charge in [-0.3, -0.25) is 5.32 Å². The highest BCUT2D eigenvalue weighted by Crippen LogP contribution is 2.25. The Balaban J connectivity index is 2.71. The van der Waals surface area contributed by atoms with E-state index in [-0.39, 0.29) is 0 Å². The van der Waals surface area contributed by atoms with Gasteiger partial charge in [-0.2, -0.15) is 8.42 Å². The molecule has 2 amide bonds. The topological polar surface area (TPSA) is 75.6 Å². The molecule has 0 spiro atoms. The van der Waals surface area contributed by atoms with Gasteiger partial charge in [0.25, 0.3) is 0 Å². The zero-order valence-electron chi connectivity index (χ0n) is 6.02. The summed E-state index contributed by atoms with van der Waals surface area (Å²) < 4.78 is 23.1. The lowest BCUT2D eigenvalue weighted by Crippen LogP contribution is -2.03. The fourth-order valence-corrected chi connectivity index (χ4v) is 1.69. The van der Waals surface area contributed by atoms with Crippen molar-refractivity contribution < 1.29 is 13.2 Å². The average molecular weight is 239 g/mol. The van der Waals surface area contributed by atoms with Gasteiger partial charge in [-0.05, 0) is 12.1 Å². The van der Waals surface area contributed by atoms with E-state index in [1.54, 1.807) is 12.1 Å². The predicted molar refractivity (Wildman–Crippen MR) is 49.7 cm³/mol. The first-order chi connectivity index (χ1) is 6.08. The molecule has 0 atom stereocenters. The van der Waals surface area contributed by atoms with Crippen LogP contribution in [0.25, 0.3) is 0 Å². The van der Waals surface area contributed by atoms with Crippen LogP contribution in [0, 0.1) is 0 Å². The smallest absolute Gasteiger partial charge is 0.297 e. The molecular formula is C5H3ClN2O3S2. The van der Waals surface area contributed by atoms with E-state index < -0.39 is 16.5 Å². The number of nitrogens with zero attached hydrogens (tertiary/aromatic N) is 1. The summed E-state index contributed by atoms with van der Waals surface area (Å²) in [5.41, 5.74) is 0. The molecule has 70 valence electrons. The van der Waals surface area contributed by atoms with Crippen LogP contribution < -0.4 is 5.32 Å². The third kappa shape index (κ3) is 3.53. The van der Waals surface area contributed by atoms with E-state index in [4.69, 9.17) is 11.6 Å². The Morgan fingerprint density at radius 3 is 2.69 bits per heavy atom. The molecule has 0 aliphatic carbocycles. The normalized spacial score (nSPS) is 9.31. The summed E-state index contributed by atoms with van der Waals surface area (Å²) in [6.45, 7) is 0. The van der Waals surface area contributed by atoms with Crippen LogP contribution in [0.1, 0.15) is 0 Å². The lowest BCUT2D eigenvalue weighted by atomic mass is 10.6. The van der Waals surface area contributed by atoms with E-state index in [1.807, 2.05) is 0 Å². The predicted octanol–water partition coefficient (Wildman–Crippen LogP) is 2.00. The molecule has 0 unspecified atom stereocenters. The summed E-state index contributed by atoms with van der Waals surface area (Å²) in [5, 5.41) is 2.68. The molecule has 1 heterocycles. The van der Waals surface area contributed by atoms with E-state index in [9.17, 15) is 13.2 Å². The van der Waals surface area contributed by atoms with Gasteiger partial charge in [0.2, 0.25) is 0 Å². The Morgan fingerprint density at radius 1 is 1.54 bits per heavy atom. The second-order valence-corrected chi connectivity index (χ2v) is 4.17. The zero-order chi connectivity index (χ0) is 9.84. The highest BCUT2D eigenvalue weighted by molar-refractivity contribution is 7.62. The van der Waals surface area contributed by atoms with E-state index in [2.05, 4.69) is 9.68 Å². The molecule has 0 radical (unpaired) electrons. The Bertz CT molecular complexity index is 442. The van der Waals surface area contributed by atoms with E-state index >= 15 is 0 Å². The van der Waals surface area contributed by atoms with Crippen molar-refractivity contribution in [2.45, 2.75) is 0 Å². The van der Waals surface area contributed by atoms with Crippen molar-refractivity contribution in [3.8, 4) is 0 Å². The first-order valence-corrected chi connectivity index (χ1v) is 5.18. The number of nitrogens with one attached hydrogen (secondary N) is 1. The van der Waals surface area contributed by atoms with Crippen molar-refractivity contribution in [1.29, 1.82) is 0 Å². The molecule has 1 aromatic heterocycles. The number of anilines is 1. The standard InChI is InChI=1S/C5H3ClN2O3S2/c6-3-1-2-4(12-3)7-5(9)8-13(10)11/h1-2H,(H,7,9). The molecule has 0 saturated heterocycles. The van der Waals surface area contributed by atoms with Gasteiger partial charge in [-0.15, -0.1) is 11.3 Å². The molecule has 1 N–H and O–H groups in total. The van der Waals surface area contributed by atoms with Crippen molar-refractivity contribution in [3.63, 3.8) is 0 Å². The van der Waals surface area contributed by atoms with Gasteiger partial charge >= 0.3 is 16.5 Å². The third-order valence-corrected chi connectivity index (χ3v) is 2.42. The fraction of sp³-hybridized carbons (Fsp3) is 0. The summed E-state index contributed by atoms with van der Waals surface area (Å²) in [7, 11) is -2.73. The van der Waals surface area contributed by atoms with Crippen molar-refractivity contribution >= 4 is 44.5 Å². The van der Waals surface area contributed by atoms with Gasteiger partial charge < -0.3 is 0 Å². The summed E-state index contributed by atoms with van der Waals surface area (Å²) in [4.78, 5) is 10.7. The summed E-state index contributed by atoms with van der Waals surface area (Å²) >= 11 is 6.68. The molecule has 0 aliphatic heterocycles. The average Bonchev–Trinajstić information content (AvgIpc) is 2.33. The minimum absolute atomic E-state index is 0.448. The number of urea groups is 1. The van der Waals surface area contributed by atoms with Crippen LogP contribution in [0.5, 0.6) is 0 Å². The number of carbonyl (C=O) groups is 1. The van der Waals surface area contributed by atoms with Crippen molar-refractivity contribution in [2.75, 3.05) is 5.32 Å². The minimum atomic E-state index is -2.73. The molecule has 0 fully saturated rings. The van der Waals surface area contributed by atoms with Crippen molar-refractivity contribution in [3.05, 3.63) is 16.5 Å². The second-order valence-electron chi connectivity index (χ2n) is 1.84. The molecular weight excluding hydrogens is 236 g/mol. The maximum Gasteiger partial charge on any atom is 0.360 e. The quantitative estimate of drug-likeness (QED) is 0.813. The van der Waals surface area contributed by atoms with Gasteiger partial charge in [-0.25, -0.2) is 4.79 Å². The highest BCUT2D eigenvalue weighted by atomic mass is 35.5. The monoisotopic (exact) mass is 238 g/mol. The first-order valence-electron chi connectivity index (χ1n) is 2.95. The van der Waals surface area contributed by atoms with E-state index in [1.165, 1.54) is 0 Å². The number of thiophene rings is 1. The zero-order valence-corrected chi connectivity index (χ0v) is 8.41. The lowest BCUT2D eigenvalue weighted by molar-refractivity contribution is 0.260. The minimum Gasteiger partial charge on any atom is -0.297 e. The fourth-order valence-electron chi connectivity index (χ4n) is 0.577. The lowest BCUT2D eigenvalue weighted by Gasteiger charge is -1.91. The number of halogens is 1. The van der Waals surface area contributed by atoms with Crippen LogP contribution >= 0.6 is 22.9 Å². The number of hydrogen-bond donors (Lipinski definition) is 1. The first kappa shape index (κ1) is 10.2. The number of hydrogen-bond acceptors (Lipinski definition) is 4. The molecule has 8 heteroatoms. The number of amides is 2. The van der Waals surface area contributed by atoms with Crippen LogP contribution in [-0.2, 0) is 10.5 Å². The van der Waals surface area contributed by atoms with Gasteiger partial charge in [-0.1, -0.05) is 16.0 Å². The van der Waals surface area contributed by atoms with E-state index in [0.29, 0.717) is 9.34 Å². The van der Waals surface area contributed by atoms with Gasteiger partial charge in [0.15, 0.2) is 0 Å². The number of carbonyl (C=O) groups excluding carboxylic acids is 1. The van der Waals surface area contributed by atoms with Crippen LogP contribution in [0.2, 0.25) is 4.34 Å². The molecule has 0 bridgehead atoms. The summed E-state index contributed by atoms with van der Waals surface area (Å²) in [5.74, 6) is 0. The molecule has 0 aliphatic rings.